The standard InChI is InChI=1S/C17H25FN6O/c1-5-19-17(20-12-16-22-21-13(2)24(16)4)23(3)10-11-25-15-9-7-6-8-14(15)18/h6-9H,5,10-12H2,1-4H3,(H,19,20). The van der Waals surface area contributed by atoms with Gasteiger partial charge in [-0.15, -0.1) is 10.2 Å². The third kappa shape index (κ3) is 5.17. The van der Waals surface area contributed by atoms with E-state index in [0.29, 0.717) is 19.7 Å². The first-order valence-corrected chi connectivity index (χ1v) is 8.24. The summed E-state index contributed by atoms with van der Waals surface area (Å²) in [6.45, 7) is 6.00. The molecule has 2 aromatic rings. The number of para-hydroxylation sites is 1. The summed E-state index contributed by atoms with van der Waals surface area (Å²) in [5, 5.41) is 11.4. The Labute approximate surface area is 147 Å². The van der Waals surface area contributed by atoms with Crippen molar-refractivity contribution in [3.8, 4) is 5.75 Å². The minimum Gasteiger partial charge on any atom is -0.489 e. The van der Waals surface area contributed by atoms with Crippen molar-refractivity contribution >= 4 is 5.96 Å². The summed E-state index contributed by atoms with van der Waals surface area (Å²) in [4.78, 5) is 6.52. The highest BCUT2D eigenvalue weighted by molar-refractivity contribution is 5.79. The Morgan fingerprint density at radius 3 is 2.76 bits per heavy atom. The zero-order valence-corrected chi connectivity index (χ0v) is 15.2. The van der Waals surface area contributed by atoms with Gasteiger partial charge in [0.2, 0.25) is 0 Å². The van der Waals surface area contributed by atoms with Crippen LogP contribution in [-0.2, 0) is 13.6 Å². The highest BCUT2D eigenvalue weighted by atomic mass is 19.1. The van der Waals surface area contributed by atoms with Crippen molar-refractivity contribution in [2.45, 2.75) is 20.4 Å². The van der Waals surface area contributed by atoms with Crippen LogP contribution in [-0.4, -0.2) is 52.4 Å². The van der Waals surface area contributed by atoms with E-state index in [2.05, 4.69) is 20.5 Å². The van der Waals surface area contributed by atoms with E-state index in [9.17, 15) is 4.39 Å². The summed E-state index contributed by atoms with van der Waals surface area (Å²) in [6.07, 6.45) is 0. The quantitative estimate of drug-likeness (QED) is 0.610. The van der Waals surface area contributed by atoms with Crippen LogP contribution in [0.2, 0.25) is 0 Å². The Hall–Kier alpha value is -2.64. The fraction of sp³-hybridized carbons (Fsp3) is 0.471. The lowest BCUT2D eigenvalue weighted by Gasteiger charge is -2.22. The molecule has 0 unspecified atom stereocenters. The summed E-state index contributed by atoms with van der Waals surface area (Å²) >= 11 is 0. The molecule has 0 aliphatic heterocycles. The number of aryl methyl sites for hydroxylation is 1. The number of guanidine groups is 1. The van der Waals surface area contributed by atoms with E-state index in [4.69, 9.17) is 4.74 Å². The molecule has 0 amide bonds. The number of ether oxygens (including phenoxy) is 1. The first kappa shape index (κ1) is 18.7. The molecule has 1 aromatic carbocycles. The molecule has 25 heavy (non-hydrogen) atoms. The van der Waals surface area contributed by atoms with Gasteiger partial charge in [-0.05, 0) is 26.0 Å². The summed E-state index contributed by atoms with van der Waals surface area (Å²) < 4.78 is 21.0. The van der Waals surface area contributed by atoms with Gasteiger partial charge >= 0.3 is 0 Å². The predicted molar refractivity (Wildman–Crippen MR) is 95.1 cm³/mol. The van der Waals surface area contributed by atoms with Crippen LogP contribution in [0.4, 0.5) is 4.39 Å². The zero-order chi connectivity index (χ0) is 18.2. The average molecular weight is 348 g/mol. The highest BCUT2D eigenvalue weighted by Gasteiger charge is 2.09. The highest BCUT2D eigenvalue weighted by Crippen LogP contribution is 2.15. The monoisotopic (exact) mass is 348 g/mol. The van der Waals surface area contributed by atoms with E-state index >= 15 is 0 Å². The van der Waals surface area contributed by atoms with Crippen LogP contribution in [0, 0.1) is 12.7 Å². The van der Waals surface area contributed by atoms with E-state index < -0.39 is 0 Å². The van der Waals surface area contributed by atoms with Crippen LogP contribution >= 0.6 is 0 Å². The third-order valence-corrected chi connectivity index (χ3v) is 3.77. The molecule has 7 nitrogen and oxygen atoms in total. The molecule has 136 valence electrons. The normalized spacial score (nSPS) is 11.5. The smallest absolute Gasteiger partial charge is 0.194 e. The number of benzene rings is 1. The Morgan fingerprint density at radius 1 is 1.36 bits per heavy atom. The van der Waals surface area contributed by atoms with Crippen molar-refractivity contribution in [1.82, 2.24) is 25.0 Å². The maximum atomic E-state index is 13.6. The first-order valence-electron chi connectivity index (χ1n) is 8.24. The van der Waals surface area contributed by atoms with Crippen molar-refractivity contribution in [2.75, 3.05) is 26.7 Å². The molecule has 0 radical (unpaired) electrons. The molecule has 0 aliphatic carbocycles. The molecule has 1 aromatic heterocycles. The van der Waals surface area contributed by atoms with Gasteiger partial charge in [0.05, 0.1) is 6.54 Å². The largest absolute Gasteiger partial charge is 0.489 e. The maximum Gasteiger partial charge on any atom is 0.194 e. The van der Waals surface area contributed by atoms with Gasteiger partial charge in [0.15, 0.2) is 23.4 Å². The molecular formula is C17H25FN6O. The predicted octanol–water partition coefficient (Wildman–Crippen LogP) is 1.74. The second kappa shape index (κ2) is 9.00. The summed E-state index contributed by atoms with van der Waals surface area (Å²) in [5.41, 5.74) is 0. The fourth-order valence-electron chi connectivity index (χ4n) is 2.16. The molecule has 0 fully saturated rings. The number of likely N-dealkylation sites (N-methyl/N-ethyl adjacent to an activating group) is 1. The van der Waals surface area contributed by atoms with E-state index in [1.807, 2.05) is 37.4 Å². The summed E-state index contributed by atoms with van der Waals surface area (Å²) in [7, 11) is 3.83. The number of aromatic nitrogens is 3. The summed E-state index contributed by atoms with van der Waals surface area (Å²) in [6, 6.07) is 6.38. The number of hydrogen-bond donors (Lipinski definition) is 1. The molecule has 0 bridgehead atoms. The molecule has 0 aliphatic rings. The first-order chi connectivity index (χ1) is 12.0. The fourth-order valence-corrected chi connectivity index (χ4v) is 2.16. The number of hydrogen-bond acceptors (Lipinski definition) is 4. The Balaban J connectivity index is 1.92. The second-order valence-corrected chi connectivity index (χ2v) is 5.59. The van der Waals surface area contributed by atoms with Gasteiger partial charge in [-0.25, -0.2) is 9.38 Å². The second-order valence-electron chi connectivity index (χ2n) is 5.59. The SMILES string of the molecule is CCNC(=NCc1nnc(C)n1C)N(C)CCOc1ccccc1F. The molecule has 0 atom stereocenters. The van der Waals surface area contributed by atoms with Gasteiger partial charge in [-0.1, -0.05) is 12.1 Å². The lowest BCUT2D eigenvalue weighted by Crippen LogP contribution is -2.41. The van der Waals surface area contributed by atoms with Gasteiger partial charge < -0.3 is 19.5 Å². The van der Waals surface area contributed by atoms with Crippen LogP contribution in [0.25, 0.3) is 0 Å². The van der Waals surface area contributed by atoms with Crippen LogP contribution in [0.5, 0.6) is 5.75 Å². The zero-order valence-electron chi connectivity index (χ0n) is 15.2. The van der Waals surface area contributed by atoms with Gasteiger partial charge in [0.25, 0.3) is 0 Å². The van der Waals surface area contributed by atoms with Crippen molar-refractivity contribution in [2.24, 2.45) is 12.0 Å². The number of aliphatic imine (C=N–C) groups is 1. The lowest BCUT2D eigenvalue weighted by atomic mass is 10.3. The molecule has 8 heteroatoms. The van der Waals surface area contributed by atoms with Crippen LogP contribution in [0.3, 0.4) is 0 Å². The molecule has 1 heterocycles. The number of nitrogens with one attached hydrogen (secondary N) is 1. The van der Waals surface area contributed by atoms with Gasteiger partial charge in [-0.3, -0.25) is 0 Å². The Morgan fingerprint density at radius 2 is 2.12 bits per heavy atom. The van der Waals surface area contributed by atoms with Crippen molar-refractivity contribution in [3.05, 3.63) is 41.7 Å². The minimum absolute atomic E-state index is 0.257. The van der Waals surface area contributed by atoms with E-state index in [1.54, 1.807) is 18.2 Å². The molecule has 0 spiro atoms. The van der Waals surface area contributed by atoms with E-state index in [1.165, 1.54) is 6.07 Å². The van der Waals surface area contributed by atoms with Gasteiger partial charge in [-0.2, -0.15) is 0 Å². The third-order valence-electron chi connectivity index (χ3n) is 3.77. The Bertz CT molecular complexity index is 715. The van der Waals surface area contributed by atoms with Crippen molar-refractivity contribution in [3.63, 3.8) is 0 Å². The van der Waals surface area contributed by atoms with Crippen LogP contribution in [0.1, 0.15) is 18.6 Å². The number of rotatable bonds is 7. The number of nitrogens with zero attached hydrogens (tertiary/aromatic N) is 5. The molecule has 0 saturated carbocycles. The van der Waals surface area contributed by atoms with E-state index in [-0.39, 0.29) is 11.6 Å². The topological polar surface area (TPSA) is 67.6 Å². The lowest BCUT2D eigenvalue weighted by molar-refractivity contribution is 0.270. The van der Waals surface area contributed by atoms with Crippen LogP contribution < -0.4 is 10.1 Å². The average Bonchev–Trinajstić information content (AvgIpc) is 2.92. The Kier molecular flexibility index (Phi) is 6.73. The van der Waals surface area contributed by atoms with Crippen LogP contribution in [0.15, 0.2) is 29.3 Å². The molecular weight excluding hydrogens is 323 g/mol. The minimum atomic E-state index is -0.358. The summed E-state index contributed by atoms with van der Waals surface area (Å²) in [5.74, 6) is 2.28. The molecule has 0 saturated heterocycles. The van der Waals surface area contributed by atoms with E-state index in [0.717, 1.165) is 24.2 Å². The van der Waals surface area contributed by atoms with Gasteiger partial charge in [0, 0.05) is 20.6 Å². The molecule has 2 rings (SSSR count). The maximum absolute atomic E-state index is 13.6. The van der Waals surface area contributed by atoms with Crippen molar-refractivity contribution < 1.29 is 9.13 Å². The van der Waals surface area contributed by atoms with Crippen molar-refractivity contribution in [1.29, 1.82) is 0 Å². The van der Waals surface area contributed by atoms with Gasteiger partial charge in [0.1, 0.15) is 19.0 Å². The number of halogens is 1. The molecule has 1 N–H and O–H groups in total.